The number of nitrogens with zero attached hydrogens (tertiary/aromatic N) is 4. The lowest BCUT2D eigenvalue weighted by Crippen LogP contribution is -1.97. The van der Waals surface area contributed by atoms with Gasteiger partial charge in [0.05, 0.1) is 10.2 Å². The molecular weight excluding hydrogens is 317 g/mol. The Morgan fingerprint density at radius 3 is 3.05 bits per heavy atom. The van der Waals surface area contributed by atoms with E-state index in [4.69, 9.17) is 10.5 Å². The number of anilines is 1. The molecule has 0 saturated carbocycles. The Labute approximate surface area is 115 Å². The molecule has 0 fully saturated rings. The Kier molecular flexibility index (Phi) is 2.79. The smallest absolute Gasteiger partial charge is 0.265 e. The molecule has 0 aliphatic rings. The highest BCUT2D eigenvalue weighted by Crippen LogP contribution is 2.32. The topological polar surface area (TPSA) is 78.3 Å². The average Bonchev–Trinajstić information content (AvgIpc) is 2.85. The molecule has 1 aromatic carbocycles. The van der Waals surface area contributed by atoms with Gasteiger partial charge in [-0.25, -0.2) is 9.37 Å². The zero-order valence-electron chi connectivity index (χ0n) is 9.42. The Hall–Kier alpha value is -2.22. The fraction of sp³-hybridized carbons (Fsp3) is 0. The monoisotopic (exact) mass is 323 g/mol. The van der Waals surface area contributed by atoms with Crippen LogP contribution in [0.4, 0.5) is 10.1 Å². The van der Waals surface area contributed by atoms with Crippen molar-refractivity contribution in [1.29, 1.82) is 0 Å². The van der Waals surface area contributed by atoms with Gasteiger partial charge in [0.1, 0.15) is 12.1 Å². The molecule has 2 N–H and O–H groups in total. The molecule has 2 aromatic heterocycles. The third-order valence-corrected chi connectivity index (χ3v) is 3.05. The Balaban J connectivity index is 2.06. The molecule has 8 heteroatoms. The summed E-state index contributed by atoms with van der Waals surface area (Å²) in [5.74, 6) is -0.102. The van der Waals surface area contributed by atoms with Crippen molar-refractivity contribution in [2.24, 2.45) is 0 Å². The molecule has 0 aliphatic heterocycles. The number of nitrogens with two attached hydrogens (primary N) is 1. The van der Waals surface area contributed by atoms with Crippen molar-refractivity contribution < 1.29 is 9.13 Å². The number of hydrogen-bond donors (Lipinski definition) is 1. The van der Waals surface area contributed by atoms with Gasteiger partial charge in [-0.1, -0.05) is 0 Å². The van der Waals surface area contributed by atoms with Gasteiger partial charge in [-0.3, -0.25) is 4.40 Å². The average molecular weight is 324 g/mol. The van der Waals surface area contributed by atoms with Crippen molar-refractivity contribution in [2.75, 3.05) is 5.73 Å². The fourth-order valence-corrected chi connectivity index (χ4v) is 1.90. The van der Waals surface area contributed by atoms with Crippen LogP contribution >= 0.6 is 15.9 Å². The van der Waals surface area contributed by atoms with Crippen LogP contribution in [0.1, 0.15) is 0 Å². The van der Waals surface area contributed by atoms with Crippen LogP contribution in [-0.4, -0.2) is 19.6 Å². The van der Waals surface area contributed by atoms with Gasteiger partial charge in [-0.15, -0.1) is 10.2 Å². The summed E-state index contributed by atoms with van der Waals surface area (Å²) < 4.78 is 20.9. The highest BCUT2D eigenvalue weighted by Gasteiger charge is 2.12. The molecular formula is C11H7BrFN5O. The molecule has 0 spiro atoms. The first-order valence-corrected chi connectivity index (χ1v) is 6.01. The van der Waals surface area contributed by atoms with E-state index in [-0.39, 0.29) is 21.8 Å². The van der Waals surface area contributed by atoms with Crippen molar-refractivity contribution in [3.05, 3.63) is 41.1 Å². The second kappa shape index (κ2) is 4.47. The van der Waals surface area contributed by atoms with Gasteiger partial charge < -0.3 is 10.5 Å². The zero-order valence-corrected chi connectivity index (χ0v) is 11.0. The van der Waals surface area contributed by atoms with E-state index in [1.807, 2.05) is 0 Å². The standard InChI is InChI=1S/C11H7BrFN5O/c12-6-3-8(14)9(4-7(6)13)19-11-10-17-16-5-18(10)2-1-15-11/h1-5H,14H2. The fourth-order valence-electron chi connectivity index (χ4n) is 1.54. The van der Waals surface area contributed by atoms with Gasteiger partial charge in [0.25, 0.3) is 5.88 Å². The quantitative estimate of drug-likeness (QED) is 0.732. The largest absolute Gasteiger partial charge is 0.434 e. The van der Waals surface area contributed by atoms with Crippen LogP contribution in [0.5, 0.6) is 11.6 Å². The molecule has 19 heavy (non-hydrogen) atoms. The number of rotatable bonds is 2. The first kappa shape index (κ1) is 11.8. The second-order valence-corrected chi connectivity index (χ2v) is 4.55. The first-order valence-electron chi connectivity index (χ1n) is 5.22. The number of benzene rings is 1. The number of ether oxygens (including phenoxy) is 1. The van der Waals surface area contributed by atoms with Gasteiger partial charge in [-0.05, 0) is 22.0 Å². The first-order chi connectivity index (χ1) is 9.15. The summed E-state index contributed by atoms with van der Waals surface area (Å²) in [4.78, 5) is 4.03. The van der Waals surface area contributed by atoms with E-state index in [1.54, 1.807) is 10.6 Å². The lowest BCUT2D eigenvalue weighted by molar-refractivity contribution is 0.462. The summed E-state index contributed by atoms with van der Waals surface area (Å²) in [6.07, 6.45) is 4.71. The van der Waals surface area contributed by atoms with E-state index in [9.17, 15) is 4.39 Å². The van der Waals surface area contributed by atoms with Gasteiger partial charge >= 0.3 is 0 Å². The third-order valence-electron chi connectivity index (χ3n) is 2.44. The van der Waals surface area contributed by atoms with Crippen LogP contribution in [0.15, 0.2) is 35.3 Å². The maximum atomic E-state index is 13.5. The van der Waals surface area contributed by atoms with E-state index >= 15 is 0 Å². The molecule has 0 unspecified atom stereocenters. The molecule has 0 radical (unpaired) electrons. The minimum Gasteiger partial charge on any atom is -0.434 e. The minimum atomic E-state index is -0.474. The summed E-state index contributed by atoms with van der Waals surface area (Å²) in [5.41, 5.74) is 6.48. The van der Waals surface area contributed by atoms with Crippen LogP contribution < -0.4 is 10.5 Å². The van der Waals surface area contributed by atoms with E-state index in [2.05, 4.69) is 31.1 Å². The maximum absolute atomic E-state index is 13.5. The molecule has 96 valence electrons. The van der Waals surface area contributed by atoms with E-state index in [1.165, 1.54) is 24.7 Å². The van der Waals surface area contributed by atoms with Crippen LogP contribution in [0, 0.1) is 5.82 Å². The number of hydrogen-bond acceptors (Lipinski definition) is 5. The Morgan fingerprint density at radius 2 is 2.21 bits per heavy atom. The molecule has 3 rings (SSSR count). The van der Waals surface area contributed by atoms with Crippen molar-refractivity contribution in [3.8, 4) is 11.6 Å². The number of fused-ring (bicyclic) bond motifs is 1. The van der Waals surface area contributed by atoms with Crippen LogP contribution in [0.3, 0.4) is 0 Å². The van der Waals surface area contributed by atoms with Crippen molar-refractivity contribution >= 4 is 27.3 Å². The summed E-state index contributed by atoms with van der Waals surface area (Å²) in [6, 6.07) is 2.61. The molecule has 0 saturated heterocycles. The highest BCUT2D eigenvalue weighted by atomic mass is 79.9. The van der Waals surface area contributed by atoms with Crippen LogP contribution in [-0.2, 0) is 0 Å². The van der Waals surface area contributed by atoms with E-state index < -0.39 is 5.82 Å². The van der Waals surface area contributed by atoms with Crippen molar-refractivity contribution in [1.82, 2.24) is 19.6 Å². The minimum absolute atomic E-state index is 0.171. The predicted molar refractivity (Wildman–Crippen MR) is 69.4 cm³/mol. The molecule has 2 heterocycles. The van der Waals surface area contributed by atoms with Crippen molar-refractivity contribution in [3.63, 3.8) is 0 Å². The number of nitrogen functional groups attached to an aromatic ring is 1. The Morgan fingerprint density at radius 1 is 1.37 bits per heavy atom. The Bertz CT molecular complexity index is 760. The summed E-state index contributed by atoms with van der Waals surface area (Å²) in [6.45, 7) is 0. The number of halogens is 2. The van der Waals surface area contributed by atoms with Crippen molar-refractivity contribution in [2.45, 2.75) is 0 Å². The van der Waals surface area contributed by atoms with E-state index in [0.717, 1.165) is 0 Å². The maximum Gasteiger partial charge on any atom is 0.265 e. The summed E-state index contributed by atoms with van der Waals surface area (Å²) in [5, 5.41) is 7.60. The molecule has 6 nitrogen and oxygen atoms in total. The zero-order chi connectivity index (χ0) is 13.4. The van der Waals surface area contributed by atoms with Gasteiger partial charge in [0.15, 0.2) is 5.75 Å². The van der Waals surface area contributed by atoms with Gasteiger partial charge in [-0.2, -0.15) is 0 Å². The normalized spacial score (nSPS) is 10.8. The lowest BCUT2D eigenvalue weighted by Gasteiger charge is -2.08. The molecule has 0 amide bonds. The third kappa shape index (κ3) is 2.10. The lowest BCUT2D eigenvalue weighted by atomic mass is 10.3. The molecule has 0 aliphatic carbocycles. The number of aromatic nitrogens is 4. The molecule has 3 aromatic rings. The highest BCUT2D eigenvalue weighted by molar-refractivity contribution is 9.10. The molecule has 0 atom stereocenters. The van der Waals surface area contributed by atoms with Gasteiger partial charge in [0, 0.05) is 18.5 Å². The van der Waals surface area contributed by atoms with Gasteiger partial charge in [0.2, 0.25) is 5.65 Å². The summed E-state index contributed by atoms with van der Waals surface area (Å²) in [7, 11) is 0. The van der Waals surface area contributed by atoms with Crippen LogP contribution in [0.25, 0.3) is 5.65 Å². The van der Waals surface area contributed by atoms with E-state index in [0.29, 0.717) is 5.65 Å². The predicted octanol–water partition coefficient (Wildman–Crippen LogP) is 2.40. The summed E-state index contributed by atoms with van der Waals surface area (Å²) >= 11 is 3.05. The second-order valence-electron chi connectivity index (χ2n) is 3.70. The SMILES string of the molecule is Nc1cc(Br)c(F)cc1Oc1nccn2cnnc12. The van der Waals surface area contributed by atoms with Crippen LogP contribution in [0.2, 0.25) is 0 Å². The molecule has 0 bridgehead atoms.